The lowest BCUT2D eigenvalue weighted by Gasteiger charge is -2.23. The van der Waals surface area contributed by atoms with Crippen LogP contribution in [-0.2, 0) is 0 Å². The Bertz CT molecular complexity index is 522. The molecule has 1 fully saturated rings. The van der Waals surface area contributed by atoms with E-state index in [0.717, 1.165) is 31.8 Å². The van der Waals surface area contributed by atoms with Crippen LogP contribution >= 0.6 is 23.4 Å². The van der Waals surface area contributed by atoms with Gasteiger partial charge in [0.05, 0.1) is 10.6 Å². The number of thioether (sulfide) groups is 1. The highest BCUT2D eigenvalue weighted by Crippen LogP contribution is 2.31. The molecule has 1 aromatic rings. The molecule has 2 rings (SSSR count). The summed E-state index contributed by atoms with van der Waals surface area (Å²) in [6.07, 6.45) is 2.54. The molecule has 1 amide bonds. The van der Waals surface area contributed by atoms with Gasteiger partial charge >= 0.3 is 0 Å². The van der Waals surface area contributed by atoms with Gasteiger partial charge in [-0.05, 0) is 19.4 Å². The summed E-state index contributed by atoms with van der Waals surface area (Å²) in [7, 11) is 0. The summed E-state index contributed by atoms with van der Waals surface area (Å²) in [5, 5.41) is 3.53. The molecule has 0 aliphatic carbocycles. The van der Waals surface area contributed by atoms with Crippen LogP contribution < -0.4 is 5.32 Å². The Labute approximate surface area is 135 Å². The number of hydrogen-bond donors (Lipinski definition) is 1. The second-order valence-corrected chi connectivity index (χ2v) is 7.94. The van der Waals surface area contributed by atoms with Crippen LogP contribution in [0.4, 0.5) is 5.82 Å². The van der Waals surface area contributed by atoms with Crippen molar-refractivity contribution in [1.82, 2.24) is 9.88 Å². The number of carbonyl (C=O) groups is 1. The third kappa shape index (κ3) is 4.27. The molecule has 1 saturated heterocycles. The topological polar surface area (TPSA) is 45.2 Å². The van der Waals surface area contributed by atoms with E-state index in [1.165, 1.54) is 0 Å². The minimum Gasteiger partial charge on any atom is -0.370 e. The van der Waals surface area contributed by atoms with Crippen LogP contribution in [0.3, 0.4) is 0 Å². The van der Waals surface area contributed by atoms with Gasteiger partial charge < -0.3 is 10.2 Å². The van der Waals surface area contributed by atoms with Crippen molar-refractivity contribution < 1.29 is 4.79 Å². The second kappa shape index (κ2) is 6.88. The molecule has 0 radical (unpaired) electrons. The maximum Gasteiger partial charge on any atom is 0.255 e. The number of hydrogen-bond acceptors (Lipinski definition) is 4. The van der Waals surface area contributed by atoms with Crippen molar-refractivity contribution in [1.29, 1.82) is 0 Å². The van der Waals surface area contributed by atoms with Crippen LogP contribution in [0.15, 0.2) is 12.3 Å². The minimum absolute atomic E-state index is 0.000136. The molecular weight excluding hydrogens is 306 g/mol. The monoisotopic (exact) mass is 327 g/mol. The highest BCUT2D eigenvalue weighted by molar-refractivity contribution is 8.00. The molecule has 1 aliphatic heterocycles. The molecule has 0 atom stereocenters. The maximum atomic E-state index is 12.7. The zero-order valence-corrected chi connectivity index (χ0v) is 14.4. The normalized spacial score (nSPS) is 18.2. The first-order valence-electron chi connectivity index (χ1n) is 7.25. The number of amides is 1. The largest absolute Gasteiger partial charge is 0.370 e. The molecule has 1 aromatic heterocycles. The van der Waals surface area contributed by atoms with Crippen molar-refractivity contribution in [3.63, 3.8) is 0 Å². The Balaban J connectivity index is 2.17. The average molecular weight is 328 g/mol. The van der Waals surface area contributed by atoms with E-state index in [-0.39, 0.29) is 10.7 Å². The molecule has 0 bridgehead atoms. The van der Waals surface area contributed by atoms with Crippen molar-refractivity contribution in [2.45, 2.75) is 31.9 Å². The standard InChI is InChI=1S/C15H22ClN3OS/c1-4-17-13-9-11(12(16)10-18-13)14(20)19-6-5-15(2,3)21-8-7-19/h9-10H,4-8H2,1-3H3,(H,17,18). The number of pyridine rings is 1. The molecule has 6 heteroatoms. The van der Waals surface area contributed by atoms with Gasteiger partial charge in [0.2, 0.25) is 0 Å². The Morgan fingerprint density at radius 1 is 1.52 bits per heavy atom. The van der Waals surface area contributed by atoms with Gasteiger partial charge in [-0.1, -0.05) is 25.4 Å². The predicted octanol–water partition coefficient (Wildman–Crippen LogP) is 3.52. The van der Waals surface area contributed by atoms with Gasteiger partial charge in [-0.2, -0.15) is 11.8 Å². The highest BCUT2D eigenvalue weighted by atomic mass is 35.5. The smallest absolute Gasteiger partial charge is 0.255 e. The summed E-state index contributed by atoms with van der Waals surface area (Å²) >= 11 is 8.09. The van der Waals surface area contributed by atoms with Crippen molar-refractivity contribution in [2.75, 3.05) is 30.7 Å². The Morgan fingerprint density at radius 3 is 3.00 bits per heavy atom. The molecular formula is C15H22ClN3OS. The van der Waals surface area contributed by atoms with Crippen LogP contribution in [0.1, 0.15) is 37.6 Å². The van der Waals surface area contributed by atoms with Gasteiger partial charge in [-0.3, -0.25) is 4.79 Å². The van der Waals surface area contributed by atoms with Crippen LogP contribution in [0, 0.1) is 0 Å². The van der Waals surface area contributed by atoms with Crippen molar-refractivity contribution in [3.05, 3.63) is 22.8 Å². The molecule has 116 valence electrons. The summed E-state index contributed by atoms with van der Waals surface area (Å²) in [5.41, 5.74) is 0.535. The molecule has 1 aliphatic rings. The van der Waals surface area contributed by atoms with Gasteiger partial charge in [0, 0.05) is 36.3 Å². The fourth-order valence-corrected chi connectivity index (χ4v) is 3.56. The number of carbonyl (C=O) groups excluding carboxylic acids is 1. The van der Waals surface area contributed by atoms with E-state index in [9.17, 15) is 4.79 Å². The molecule has 4 nitrogen and oxygen atoms in total. The first kappa shape index (κ1) is 16.4. The van der Waals surface area contributed by atoms with Crippen molar-refractivity contribution in [2.24, 2.45) is 0 Å². The SMILES string of the molecule is CCNc1cc(C(=O)N2CCSC(C)(C)CC2)c(Cl)cn1. The lowest BCUT2D eigenvalue weighted by Crippen LogP contribution is -2.34. The molecule has 0 unspecified atom stereocenters. The Hall–Kier alpha value is -0.940. The predicted molar refractivity (Wildman–Crippen MR) is 90.5 cm³/mol. The number of aromatic nitrogens is 1. The number of anilines is 1. The fraction of sp³-hybridized carbons (Fsp3) is 0.600. The molecule has 0 aromatic carbocycles. The van der Waals surface area contributed by atoms with E-state index in [4.69, 9.17) is 11.6 Å². The summed E-state index contributed by atoms with van der Waals surface area (Å²) in [6, 6.07) is 1.75. The number of nitrogens with zero attached hydrogens (tertiary/aromatic N) is 2. The zero-order chi connectivity index (χ0) is 15.5. The van der Waals surface area contributed by atoms with E-state index in [2.05, 4.69) is 24.1 Å². The molecule has 1 N–H and O–H groups in total. The van der Waals surface area contributed by atoms with Gasteiger partial charge in [0.1, 0.15) is 5.82 Å². The molecule has 21 heavy (non-hydrogen) atoms. The number of halogens is 1. The second-order valence-electron chi connectivity index (χ2n) is 5.73. The summed E-state index contributed by atoms with van der Waals surface area (Å²) in [5.74, 6) is 1.65. The first-order chi connectivity index (χ1) is 9.93. The first-order valence-corrected chi connectivity index (χ1v) is 8.62. The van der Waals surface area contributed by atoms with E-state index >= 15 is 0 Å². The van der Waals surface area contributed by atoms with Crippen molar-refractivity contribution >= 4 is 35.1 Å². The van der Waals surface area contributed by atoms with E-state index < -0.39 is 0 Å². The van der Waals surface area contributed by atoms with Gasteiger partial charge in [-0.15, -0.1) is 0 Å². The Kier molecular flexibility index (Phi) is 5.38. The molecule has 0 saturated carbocycles. The number of rotatable bonds is 3. The quantitative estimate of drug-likeness (QED) is 0.922. The average Bonchev–Trinajstić information content (AvgIpc) is 2.61. The molecule has 2 heterocycles. The lowest BCUT2D eigenvalue weighted by atomic mass is 10.1. The third-order valence-electron chi connectivity index (χ3n) is 3.57. The van der Waals surface area contributed by atoms with E-state index in [1.54, 1.807) is 12.3 Å². The zero-order valence-electron chi connectivity index (χ0n) is 12.8. The Morgan fingerprint density at radius 2 is 2.29 bits per heavy atom. The van der Waals surface area contributed by atoms with Gasteiger partial charge in [0.15, 0.2) is 0 Å². The summed E-state index contributed by atoms with van der Waals surface area (Å²) < 4.78 is 0.228. The van der Waals surface area contributed by atoms with Crippen LogP contribution in [0.5, 0.6) is 0 Å². The third-order valence-corrected chi connectivity index (χ3v) is 5.24. The van der Waals surface area contributed by atoms with Crippen LogP contribution in [0.2, 0.25) is 5.02 Å². The minimum atomic E-state index is -0.000136. The van der Waals surface area contributed by atoms with Crippen LogP contribution in [0.25, 0.3) is 0 Å². The van der Waals surface area contributed by atoms with E-state index in [0.29, 0.717) is 16.4 Å². The highest BCUT2D eigenvalue weighted by Gasteiger charge is 2.27. The number of nitrogens with one attached hydrogen (secondary N) is 1. The molecule has 0 spiro atoms. The maximum absolute atomic E-state index is 12.7. The van der Waals surface area contributed by atoms with Gasteiger partial charge in [-0.25, -0.2) is 4.98 Å². The summed E-state index contributed by atoms with van der Waals surface area (Å²) in [4.78, 5) is 18.8. The lowest BCUT2D eigenvalue weighted by molar-refractivity contribution is 0.0764. The fourth-order valence-electron chi connectivity index (χ4n) is 2.27. The van der Waals surface area contributed by atoms with Gasteiger partial charge in [0.25, 0.3) is 5.91 Å². The van der Waals surface area contributed by atoms with Crippen molar-refractivity contribution in [3.8, 4) is 0 Å². The summed E-state index contributed by atoms with van der Waals surface area (Å²) in [6.45, 7) is 8.75. The van der Waals surface area contributed by atoms with E-state index in [1.807, 2.05) is 23.6 Å². The van der Waals surface area contributed by atoms with Crippen LogP contribution in [-0.4, -0.2) is 45.9 Å².